The average Bonchev–Trinajstić information content (AvgIpc) is 3.05. The minimum Gasteiger partial charge on any atom is -0.350 e. The number of aromatic nitrogens is 3. The Bertz CT molecular complexity index is 974. The Morgan fingerprint density at radius 3 is 2.30 bits per heavy atom. The maximum Gasteiger partial charge on any atom is 0.257 e. The van der Waals surface area contributed by atoms with Gasteiger partial charge in [0, 0.05) is 34.9 Å². The number of benzene rings is 1. The lowest BCUT2D eigenvalue weighted by atomic mass is 10.1. The molecule has 0 aliphatic carbocycles. The molecule has 2 heterocycles. The molecular weight excluding hydrogens is 342 g/mol. The van der Waals surface area contributed by atoms with Crippen molar-refractivity contribution in [1.82, 2.24) is 20.1 Å². The smallest absolute Gasteiger partial charge is 0.257 e. The molecule has 3 rings (SSSR count). The predicted molar refractivity (Wildman–Crippen MR) is 105 cm³/mol. The molecule has 0 aliphatic heterocycles. The van der Waals surface area contributed by atoms with Gasteiger partial charge in [0.05, 0.1) is 11.8 Å². The van der Waals surface area contributed by atoms with Crippen LogP contribution in [0.4, 0.5) is 5.69 Å². The fraction of sp³-hybridized carbons (Fsp3) is 0.300. The van der Waals surface area contributed by atoms with Crippen LogP contribution < -0.4 is 10.6 Å². The van der Waals surface area contributed by atoms with Gasteiger partial charge in [0.25, 0.3) is 11.8 Å². The summed E-state index contributed by atoms with van der Waals surface area (Å²) in [5.74, 6) is -0.402. The number of nitrogens with one attached hydrogen (secondary N) is 2. The number of rotatable bonds is 5. The number of hydrogen-bond donors (Lipinski definition) is 2. The number of carbonyl (C=O) groups excluding carboxylic acids is 2. The maximum absolute atomic E-state index is 12.5. The Morgan fingerprint density at radius 2 is 1.67 bits per heavy atom. The number of hydrogen-bond acceptors (Lipinski definition) is 4. The summed E-state index contributed by atoms with van der Waals surface area (Å²) in [5.41, 5.74) is 2.36. The zero-order chi connectivity index (χ0) is 19.6. The molecule has 2 aromatic heterocycles. The number of pyridine rings is 1. The Kier molecular flexibility index (Phi) is 5.21. The summed E-state index contributed by atoms with van der Waals surface area (Å²) in [5, 5.41) is 10.8. The van der Waals surface area contributed by atoms with Gasteiger partial charge < -0.3 is 10.6 Å². The van der Waals surface area contributed by atoms with Crippen molar-refractivity contribution in [1.29, 1.82) is 0 Å². The van der Waals surface area contributed by atoms with Crippen LogP contribution in [0.5, 0.6) is 0 Å². The molecule has 0 aliphatic rings. The number of anilines is 1. The Labute approximate surface area is 157 Å². The second-order valence-corrected chi connectivity index (χ2v) is 6.98. The average molecular weight is 365 g/mol. The first-order valence-electron chi connectivity index (χ1n) is 8.90. The minimum atomic E-state index is -0.263. The largest absolute Gasteiger partial charge is 0.350 e. The summed E-state index contributed by atoms with van der Waals surface area (Å²) in [6.07, 6.45) is 3.25. The van der Waals surface area contributed by atoms with Crippen LogP contribution in [0.1, 0.15) is 54.5 Å². The van der Waals surface area contributed by atoms with Gasteiger partial charge in [0.1, 0.15) is 0 Å². The predicted octanol–water partition coefficient (Wildman–Crippen LogP) is 3.40. The van der Waals surface area contributed by atoms with E-state index in [2.05, 4.69) is 20.7 Å². The van der Waals surface area contributed by atoms with E-state index in [1.807, 2.05) is 32.4 Å². The summed E-state index contributed by atoms with van der Waals surface area (Å²) >= 11 is 0. The Morgan fingerprint density at radius 1 is 0.963 bits per heavy atom. The second-order valence-electron chi connectivity index (χ2n) is 6.98. The molecule has 2 N–H and O–H groups in total. The van der Waals surface area contributed by atoms with Gasteiger partial charge >= 0.3 is 0 Å². The first kappa shape index (κ1) is 18.6. The third kappa shape index (κ3) is 4.13. The van der Waals surface area contributed by atoms with Crippen molar-refractivity contribution in [3.8, 4) is 0 Å². The highest BCUT2D eigenvalue weighted by atomic mass is 16.2. The van der Waals surface area contributed by atoms with Gasteiger partial charge in [-0.05, 0) is 58.0 Å². The number of nitrogens with zero attached hydrogens (tertiary/aromatic N) is 3. The maximum atomic E-state index is 12.5. The molecule has 0 atom stereocenters. The molecule has 3 aromatic rings. The molecule has 0 radical (unpaired) electrons. The monoisotopic (exact) mass is 365 g/mol. The molecule has 7 heteroatoms. The molecule has 0 unspecified atom stereocenters. The molecule has 0 saturated carbocycles. The summed E-state index contributed by atoms with van der Waals surface area (Å²) in [6, 6.07) is 8.81. The van der Waals surface area contributed by atoms with E-state index in [9.17, 15) is 9.59 Å². The summed E-state index contributed by atoms with van der Waals surface area (Å²) in [7, 11) is 0. The topological polar surface area (TPSA) is 88.9 Å². The summed E-state index contributed by atoms with van der Waals surface area (Å²) in [4.78, 5) is 28.9. The molecule has 0 bridgehead atoms. The summed E-state index contributed by atoms with van der Waals surface area (Å²) < 4.78 is 1.82. The van der Waals surface area contributed by atoms with Gasteiger partial charge in [-0.2, -0.15) is 5.10 Å². The van der Waals surface area contributed by atoms with E-state index in [0.717, 1.165) is 11.0 Å². The van der Waals surface area contributed by atoms with E-state index < -0.39 is 0 Å². The van der Waals surface area contributed by atoms with Gasteiger partial charge in [-0.25, -0.2) is 9.67 Å². The van der Waals surface area contributed by atoms with E-state index in [4.69, 9.17) is 0 Å². The highest BCUT2D eigenvalue weighted by Crippen LogP contribution is 2.18. The van der Waals surface area contributed by atoms with Crippen LogP contribution in [0.25, 0.3) is 11.0 Å². The van der Waals surface area contributed by atoms with Crippen LogP contribution in [-0.4, -0.2) is 32.6 Å². The standard InChI is InChI=1S/C20H23N5O2/c1-12(2)23-19(26)14-5-7-17(8-6-14)24-20(27)16-9-15-11-22-25(13(3)4)18(15)21-10-16/h5-13H,1-4H3,(H,23,26)(H,24,27). The molecule has 2 amide bonds. The van der Waals surface area contributed by atoms with Gasteiger partial charge in [-0.3, -0.25) is 9.59 Å². The van der Waals surface area contributed by atoms with Crippen molar-refractivity contribution >= 4 is 28.5 Å². The van der Waals surface area contributed by atoms with Crippen LogP contribution in [0.2, 0.25) is 0 Å². The normalized spacial score (nSPS) is 11.2. The van der Waals surface area contributed by atoms with E-state index in [0.29, 0.717) is 16.8 Å². The summed E-state index contributed by atoms with van der Waals surface area (Å²) in [6.45, 7) is 7.87. The highest BCUT2D eigenvalue weighted by Gasteiger charge is 2.13. The Hall–Kier alpha value is -3.22. The van der Waals surface area contributed by atoms with E-state index in [1.165, 1.54) is 0 Å². The third-order valence-corrected chi connectivity index (χ3v) is 4.01. The van der Waals surface area contributed by atoms with Crippen molar-refractivity contribution in [3.05, 3.63) is 53.9 Å². The number of carbonyl (C=O) groups is 2. The molecule has 0 fully saturated rings. The molecule has 0 spiro atoms. The van der Waals surface area contributed by atoms with Crippen LogP contribution in [0, 0.1) is 0 Å². The van der Waals surface area contributed by atoms with Crippen molar-refractivity contribution in [2.24, 2.45) is 0 Å². The van der Waals surface area contributed by atoms with Gasteiger partial charge in [-0.1, -0.05) is 0 Å². The molecule has 0 saturated heterocycles. The van der Waals surface area contributed by atoms with Crippen LogP contribution in [0.15, 0.2) is 42.7 Å². The quantitative estimate of drug-likeness (QED) is 0.725. The lowest BCUT2D eigenvalue weighted by Gasteiger charge is -2.10. The Balaban J connectivity index is 1.73. The van der Waals surface area contributed by atoms with Crippen LogP contribution in [-0.2, 0) is 0 Å². The van der Waals surface area contributed by atoms with Crippen molar-refractivity contribution in [3.63, 3.8) is 0 Å². The molecule has 7 nitrogen and oxygen atoms in total. The number of fused-ring (bicyclic) bond motifs is 1. The first-order valence-corrected chi connectivity index (χ1v) is 8.90. The van der Waals surface area contributed by atoms with E-state index in [1.54, 1.807) is 42.7 Å². The lowest BCUT2D eigenvalue weighted by Crippen LogP contribution is -2.30. The van der Waals surface area contributed by atoms with Gasteiger partial charge in [-0.15, -0.1) is 0 Å². The first-order chi connectivity index (χ1) is 12.8. The van der Waals surface area contributed by atoms with Crippen molar-refractivity contribution in [2.45, 2.75) is 39.8 Å². The van der Waals surface area contributed by atoms with Gasteiger partial charge in [0.15, 0.2) is 5.65 Å². The second kappa shape index (κ2) is 7.57. The zero-order valence-electron chi connectivity index (χ0n) is 15.9. The molecule has 140 valence electrons. The number of amides is 2. The van der Waals surface area contributed by atoms with Crippen molar-refractivity contribution < 1.29 is 9.59 Å². The van der Waals surface area contributed by atoms with E-state index in [-0.39, 0.29) is 23.9 Å². The minimum absolute atomic E-state index is 0.0688. The fourth-order valence-electron chi connectivity index (χ4n) is 2.70. The van der Waals surface area contributed by atoms with Gasteiger partial charge in [0.2, 0.25) is 0 Å². The van der Waals surface area contributed by atoms with Crippen LogP contribution >= 0.6 is 0 Å². The highest BCUT2D eigenvalue weighted by molar-refractivity contribution is 6.05. The molecular formula is C20H23N5O2. The van der Waals surface area contributed by atoms with Crippen LogP contribution in [0.3, 0.4) is 0 Å². The fourth-order valence-corrected chi connectivity index (χ4v) is 2.70. The molecule has 27 heavy (non-hydrogen) atoms. The lowest BCUT2D eigenvalue weighted by molar-refractivity contribution is 0.0942. The van der Waals surface area contributed by atoms with E-state index >= 15 is 0 Å². The third-order valence-electron chi connectivity index (χ3n) is 4.01. The van der Waals surface area contributed by atoms with Crippen molar-refractivity contribution in [2.75, 3.05) is 5.32 Å². The molecule has 1 aromatic carbocycles. The zero-order valence-corrected chi connectivity index (χ0v) is 15.9. The SMILES string of the molecule is CC(C)NC(=O)c1ccc(NC(=O)c2cnc3c(cnn3C(C)C)c2)cc1.